The molecular weight excluding hydrogens is 284 g/mol. The second-order valence-electron chi connectivity index (χ2n) is 5.77. The number of rotatable bonds is 3. The van der Waals surface area contributed by atoms with E-state index in [0.29, 0.717) is 0 Å². The Hall–Kier alpha value is -1.69. The Balaban J connectivity index is 1.96. The SMILES string of the molecule is Cc1scc2nc(C(=O)NC3CCCC3)nc(N(C)C)c12. The molecule has 0 aromatic carbocycles. The van der Waals surface area contributed by atoms with Gasteiger partial charge in [0.05, 0.1) is 10.9 Å². The summed E-state index contributed by atoms with van der Waals surface area (Å²) in [5.74, 6) is 0.932. The van der Waals surface area contributed by atoms with Gasteiger partial charge in [-0.1, -0.05) is 12.8 Å². The lowest BCUT2D eigenvalue weighted by atomic mass is 10.2. The molecule has 1 aliphatic carbocycles. The van der Waals surface area contributed by atoms with Gasteiger partial charge in [-0.15, -0.1) is 11.3 Å². The number of carbonyl (C=O) groups is 1. The molecule has 2 aromatic rings. The number of nitrogens with zero attached hydrogens (tertiary/aromatic N) is 3. The number of hydrogen-bond donors (Lipinski definition) is 1. The van der Waals surface area contributed by atoms with Crippen LogP contribution in [-0.2, 0) is 0 Å². The van der Waals surface area contributed by atoms with E-state index in [2.05, 4.69) is 22.2 Å². The first-order valence-electron chi connectivity index (χ1n) is 7.30. The van der Waals surface area contributed by atoms with Crippen molar-refractivity contribution in [2.75, 3.05) is 19.0 Å². The number of fused-ring (bicyclic) bond motifs is 1. The highest BCUT2D eigenvalue weighted by molar-refractivity contribution is 7.11. The van der Waals surface area contributed by atoms with E-state index in [-0.39, 0.29) is 17.8 Å². The lowest BCUT2D eigenvalue weighted by Crippen LogP contribution is -2.34. The fraction of sp³-hybridized carbons (Fsp3) is 0.533. The van der Waals surface area contributed by atoms with Crippen LogP contribution in [0.15, 0.2) is 5.38 Å². The standard InChI is InChI=1S/C15H20N4OS/c1-9-12-11(8-21-9)17-13(18-14(12)19(2)3)15(20)16-10-6-4-5-7-10/h8,10H,4-7H2,1-3H3,(H,16,20). The second-order valence-corrected chi connectivity index (χ2v) is 6.86. The third-order valence-electron chi connectivity index (χ3n) is 3.93. The molecule has 0 saturated heterocycles. The maximum absolute atomic E-state index is 12.4. The van der Waals surface area contributed by atoms with Crippen LogP contribution in [0.4, 0.5) is 5.82 Å². The van der Waals surface area contributed by atoms with Gasteiger partial charge in [0, 0.05) is 30.4 Å². The molecular formula is C15H20N4OS. The summed E-state index contributed by atoms with van der Waals surface area (Å²) in [6.07, 6.45) is 4.51. The summed E-state index contributed by atoms with van der Waals surface area (Å²) in [7, 11) is 3.88. The van der Waals surface area contributed by atoms with Crippen LogP contribution in [-0.4, -0.2) is 36.0 Å². The van der Waals surface area contributed by atoms with Crippen LogP contribution in [0.3, 0.4) is 0 Å². The predicted octanol–water partition coefficient (Wildman–Crippen LogP) is 2.74. The number of anilines is 1. The van der Waals surface area contributed by atoms with Crippen molar-refractivity contribution in [1.29, 1.82) is 0 Å². The summed E-state index contributed by atoms with van der Waals surface area (Å²) in [6, 6.07) is 0.281. The fourth-order valence-corrected chi connectivity index (χ4v) is 3.61. The van der Waals surface area contributed by atoms with Crippen molar-refractivity contribution in [3.8, 4) is 0 Å². The summed E-state index contributed by atoms with van der Waals surface area (Å²) < 4.78 is 0. The lowest BCUT2D eigenvalue weighted by Gasteiger charge is -2.15. The molecule has 0 aliphatic heterocycles. The van der Waals surface area contributed by atoms with Gasteiger partial charge in [0.1, 0.15) is 5.82 Å². The molecule has 0 atom stereocenters. The summed E-state index contributed by atoms with van der Waals surface area (Å²) in [5.41, 5.74) is 0.854. The summed E-state index contributed by atoms with van der Waals surface area (Å²) in [4.78, 5) is 24.4. The highest BCUT2D eigenvalue weighted by Crippen LogP contribution is 2.30. The quantitative estimate of drug-likeness (QED) is 0.947. The summed E-state index contributed by atoms with van der Waals surface area (Å²) in [6.45, 7) is 2.06. The maximum Gasteiger partial charge on any atom is 0.289 e. The number of carbonyl (C=O) groups excluding carboxylic acids is 1. The van der Waals surface area contributed by atoms with E-state index in [1.807, 2.05) is 24.4 Å². The predicted molar refractivity (Wildman–Crippen MR) is 86.2 cm³/mol. The van der Waals surface area contributed by atoms with Crippen LogP contribution in [0, 0.1) is 6.92 Å². The Labute approximate surface area is 128 Å². The molecule has 1 N–H and O–H groups in total. The molecule has 3 rings (SSSR count). The van der Waals surface area contributed by atoms with Crippen molar-refractivity contribution in [2.24, 2.45) is 0 Å². The second kappa shape index (κ2) is 5.60. The first kappa shape index (κ1) is 14.3. The highest BCUT2D eigenvalue weighted by atomic mass is 32.1. The molecule has 1 amide bonds. The zero-order valence-electron chi connectivity index (χ0n) is 12.6. The number of aryl methyl sites for hydroxylation is 1. The molecule has 1 aliphatic rings. The molecule has 0 radical (unpaired) electrons. The fourth-order valence-electron chi connectivity index (χ4n) is 2.84. The van der Waals surface area contributed by atoms with Crippen LogP contribution in [0.5, 0.6) is 0 Å². The summed E-state index contributed by atoms with van der Waals surface area (Å²) in [5, 5.41) is 6.09. The van der Waals surface area contributed by atoms with Gasteiger partial charge in [-0.05, 0) is 19.8 Å². The number of nitrogens with one attached hydrogen (secondary N) is 1. The first-order chi connectivity index (χ1) is 10.1. The summed E-state index contributed by atoms with van der Waals surface area (Å²) >= 11 is 1.64. The van der Waals surface area contributed by atoms with Gasteiger partial charge >= 0.3 is 0 Å². The minimum atomic E-state index is -0.157. The highest BCUT2D eigenvalue weighted by Gasteiger charge is 2.21. The first-order valence-corrected chi connectivity index (χ1v) is 8.18. The normalized spacial score (nSPS) is 15.6. The van der Waals surface area contributed by atoms with Gasteiger partial charge in [0.15, 0.2) is 0 Å². The van der Waals surface area contributed by atoms with E-state index in [1.165, 1.54) is 17.7 Å². The van der Waals surface area contributed by atoms with E-state index in [4.69, 9.17) is 0 Å². The van der Waals surface area contributed by atoms with Crippen molar-refractivity contribution in [3.05, 3.63) is 16.1 Å². The van der Waals surface area contributed by atoms with E-state index < -0.39 is 0 Å². The van der Waals surface area contributed by atoms with Gasteiger partial charge in [0.2, 0.25) is 5.82 Å². The molecule has 5 nitrogen and oxygen atoms in total. The van der Waals surface area contributed by atoms with E-state index in [0.717, 1.165) is 29.6 Å². The average Bonchev–Trinajstić information content (AvgIpc) is 3.08. The van der Waals surface area contributed by atoms with Crippen molar-refractivity contribution in [2.45, 2.75) is 38.6 Å². The van der Waals surface area contributed by atoms with Crippen LogP contribution in [0.1, 0.15) is 41.2 Å². The Kier molecular flexibility index (Phi) is 3.80. The van der Waals surface area contributed by atoms with E-state index >= 15 is 0 Å². The minimum Gasteiger partial charge on any atom is -0.362 e. The van der Waals surface area contributed by atoms with Crippen LogP contribution in [0.2, 0.25) is 0 Å². The Morgan fingerprint density at radius 2 is 2.05 bits per heavy atom. The van der Waals surface area contributed by atoms with Crippen LogP contribution < -0.4 is 10.2 Å². The largest absolute Gasteiger partial charge is 0.362 e. The Bertz CT molecular complexity index is 674. The molecule has 2 heterocycles. The number of thiophene rings is 1. The Morgan fingerprint density at radius 3 is 2.71 bits per heavy atom. The zero-order chi connectivity index (χ0) is 15.0. The molecule has 1 fully saturated rings. The van der Waals surface area contributed by atoms with Crippen molar-refractivity contribution >= 4 is 34.0 Å². The average molecular weight is 304 g/mol. The van der Waals surface area contributed by atoms with Crippen molar-refractivity contribution < 1.29 is 4.79 Å². The maximum atomic E-state index is 12.4. The van der Waals surface area contributed by atoms with Crippen molar-refractivity contribution in [3.63, 3.8) is 0 Å². The number of aromatic nitrogens is 2. The molecule has 6 heteroatoms. The number of amides is 1. The molecule has 2 aromatic heterocycles. The van der Waals surface area contributed by atoms with Crippen molar-refractivity contribution in [1.82, 2.24) is 15.3 Å². The van der Waals surface area contributed by atoms with Gasteiger partial charge in [-0.25, -0.2) is 9.97 Å². The van der Waals surface area contributed by atoms with Gasteiger partial charge in [-0.3, -0.25) is 4.79 Å². The van der Waals surface area contributed by atoms with Gasteiger partial charge < -0.3 is 10.2 Å². The molecule has 0 unspecified atom stereocenters. The zero-order valence-corrected chi connectivity index (χ0v) is 13.5. The molecule has 112 valence electrons. The smallest absolute Gasteiger partial charge is 0.289 e. The van der Waals surface area contributed by atoms with E-state index in [1.54, 1.807) is 11.3 Å². The molecule has 21 heavy (non-hydrogen) atoms. The molecule has 0 bridgehead atoms. The number of hydrogen-bond acceptors (Lipinski definition) is 5. The Morgan fingerprint density at radius 1 is 1.33 bits per heavy atom. The van der Waals surface area contributed by atoms with E-state index in [9.17, 15) is 4.79 Å². The van der Waals surface area contributed by atoms with Gasteiger partial charge in [-0.2, -0.15) is 0 Å². The monoisotopic (exact) mass is 304 g/mol. The topological polar surface area (TPSA) is 58.1 Å². The van der Waals surface area contributed by atoms with Gasteiger partial charge in [0.25, 0.3) is 5.91 Å². The molecule has 0 spiro atoms. The lowest BCUT2D eigenvalue weighted by molar-refractivity contribution is 0.0928. The minimum absolute atomic E-state index is 0.157. The third kappa shape index (κ3) is 2.72. The van der Waals surface area contributed by atoms with Crippen LogP contribution in [0.25, 0.3) is 10.9 Å². The van der Waals surface area contributed by atoms with Crippen LogP contribution >= 0.6 is 11.3 Å². The third-order valence-corrected chi connectivity index (χ3v) is 4.83. The molecule has 1 saturated carbocycles.